The molecule has 1 amide bonds. The smallest absolute Gasteiger partial charge is 0.234 e. The van der Waals surface area contributed by atoms with Crippen molar-refractivity contribution >= 4 is 5.91 Å². The molecule has 0 aliphatic rings. The number of nitrogens with zero attached hydrogens (tertiary/aromatic N) is 2. The van der Waals surface area contributed by atoms with Crippen LogP contribution in [0.5, 0.6) is 0 Å². The van der Waals surface area contributed by atoms with Crippen LogP contribution in [-0.2, 0) is 17.9 Å². The highest BCUT2D eigenvalue weighted by Gasteiger charge is 2.10. The molecular weight excluding hydrogens is 228 g/mol. The summed E-state index contributed by atoms with van der Waals surface area (Å²) in [5.41, 5.74) is 7.59. The third-order valence-electron chi connectivity index (χ3n) is 2.48. The Balaban J connectivity index is 2.54. The molecule has 1 aromatic heterocycles. The number of hydrogen-bond acceptors (Lipinski definition) is 4. The highest BCUT2D eigenvalue weighted by Crippen LogP contribution is 2.07. The molecule has 1 heterocycles. The van der Waals surface area contributed by atoms with Gasteiger partial charge in [-0.15, -0.1) is 0 Å². The van der Waals surface area contributed by atoms with Gasteiger partial charge in [0.05, 0.1) is 12.2 Å². The molecule has 0 aliphatic carbocycles. The van der Waals surface area contributed by atoms with Crippen LogP contribution in [0.1, 0.15) is 25.1 Å². The number of hydrogen-bond donors (Lipinski definition) is 2. The summed E-state index contributed by atoms with van der Waals surface area (Å²) in [6.45, 7) is 5.36. The van der Waals surface area contributed by atoms with Gasteiger partial charge in [0.2, 0.25) is 5.91 Å². The molecule has 0 aromatic carbocycles. The molecule has 18 heavy (non-hydrogen) atoms. The van der Waals surface area contributed by atoms with Crippen LogP contribution < -0.4 is 11.1 Å². The van der Waals surface area contributed by atoms with E-state index in [0.717, 1.165) is 11.3 Å². The SMILES string of the molecule is CC(C)NC(=O)CN(C)Cc1cccnc1CN. The van der Waals surface area contributed by atoms with E-state index in [1.54, 1.807) is 6.20 Å². The van der Waals surface area contributed by atoms with Crippen LogP contribution in [0, 0.1) is 0 Å². The van der Waals surface area contributed by atoms with E-state index in [1.165, 1.54) is 0 Å². The lowest BCUT2D eigenvalue weighted by atomic mass is 10.2. The first-order chi connectivity index (χ1) is 8.52. The highest BCUT2D eigenvalue weighted by atomic mass is 16.2. The molecule has 0 fully saturated rings. The third kappa shape index (κ3) is 4.81. The summed E-state index contributed by atoms with van der Waals surface area (Å²) in [6.07, 6.45) is 1.73. The van der Waals surface area contributed by atoms with E-state index < -0.39 is 0 Å². The molecule has 0 saturated heterocycles. The van der Waals surface area contributed by atoms with Crippen LogP contribution >= 0.6 is 0 Å². The first-order valence-corrected chi connectivity index (χ1v) is 6.13. The van der Waals surface area contributed by atoms with E-state index in [0.29, 0.717) is 19.6 Å². The predicted molar refractivity (Wildman–Crippen MR) is 71.7 cm³/mol. The van der Waals surface area contributed by atoms with Crippen molar-refractivity contribution < 1.29 is 4.79 Å². The molecule has 0 aliphatic heterocycles. The molecule has 0 saturated carbocycles. The van der Waals surface area contributed by atoms with Crippen LogP contribution in [0.25, 0.3) is 0 Å². The Kier molecular flexibility index (Phi) is 5.74. The van der Waals surface area contributed by atoms with Crippen LogP contribution in [0.4, 0.5) is 0 Å². The molecular formula is C13H22N4O. The minimum atomic E-state index is 0.0330. The summed E-state index contributed by atoms with van der Waals surface area (Å²) in [5, 5.41) is 2.87. The Bertz CT molecular complexity index is 392. The molecule has 0 spiro atoms. The Morgan fingerprint density at radius 3 is 2.89 bits per heavy atom. The summed E-state index contributed by atoms with van der Waals surface area (Å²) in [4.78, 5) is 17.8. The molecule has 3 N–H and O–H groups in total. The standard InChI is InChI=1S/C13H22N4O/c1-10(2)16-13(18)9-17(3)8-11-5-4-6-15-12(11)7-14/h4-6,10H,7-9,14H2,1-3H3,(H,16,18). The Hall–Kier alpha value is -1.46. The minimum absolute atomic E-state index is 0.0330. The van der Waals surface area contributed by atoms with Gasteiger partial charge in [-0.2, -0.15) is 0 Å². The first kappa shape index (κ1) is 14.6. The maximum atomic E-state index is 11.6. The molecule has 0 atom stereocenters. The predicted octanol–water partition coefficient (Wildman–Crippen LogP) is 0.497. The van der Waals surface area contributed by atoms with Crippen molar-refractivity contribution in [2.24, 2.45) is 5.73 Å². The van der Waals surface area contributed by atoms with E-state index in [1.807, 2.05) is 37.9 Å². The fraction of sp³-hybridized carbons (Fsp3) is 0.538. The molecule has 1 aromatic rings. The van der Waals surface area contributed by atoms with Crippen LogP contribution in [0.2, 0.25) is 0 Å². The van der Waals surface area contributed by atoms with Crippen molar-refractivity contribution in [2.45, 2.75) is 33.0 Å². The fourth-order valence-corrected chi connectivity index (χ4v) is 1.76. The molecule has 0 unspecified atom stereocenters. The van der Waals surface area contributed by atoms with E-state index in [9.17, 15) is 4.79 Å². The summed E-state index contributed by atoms with van der Waals surface area (Å²) >= 11 is 0. The second-order valence-corrected chi connectivity index (χ2v) is 4.71. The number of carbonyl (C=O) groups is 1. The first-order valence-electron chi connectivity index (χ1n) is 6.13. The third-order valence-corrected chi connectivity index (χ3v) is 2.48. The van der Waals surface area contributed by atoms with Crippen LogP contribution in [0.3, 0.4) is 0 Å². The number of nitrogens with one attached hydrogen (secondary N) is 1. The maximum Gasteiger partial charge on any atom is 0.234 e. The average Bonchev–Trinajstić information content (AvgIpc) is 2.28. The van der Waals surface area contributed by atoms with Gasteiger partial charge in [0.15, 0.2) is 0 Å². The summed E-state index contributed by atoms with van der Waals surface area (Å²) in [5.74, 6) is 0.0330. The van der Waals surface area contributed by atoms with E-state index in [-0.39, 0.29) is 11.9 Å². The van der Waals surface area contributed by atoms with Gasteiger partial charge in [-0.3, -0.25) is 14.7 Å². The number of likely N-dealkylation sites (N-methyl/N-ethyl adjacent to an activating group) is 1. The van der Waals surface area contributed by atoms with Gasteiger partial charge in [0, 0.05) is 25.3 Å². The Morgan fingerprint density at radius 2 is 2.28 bits per heavy atom. The van der Waals surface area contributed by atoms with E-state index >= 15 is 0 Å². The lowest BCUT2D eigenvalue weighted by Gasteiger charge is -2.18. The average molecular weight is 250 g/mol. The van der Waals surface area contributed by atoms with Gasteiger partial charge >= 0.3 is 0 Å². The van der Waals surface area contributed by atoms with Gasteiger partial charge < -0.3 is 11.1 Å². The van der Waals surface area contributed by atoms with Crippen molar-refractivity contribution in [1.29, 1.82) is 0 Å². The second kappa shape index (κ2) is 7.08. The summed E-state index contributed by atoms with van der Waals surface area (Å²) in [6, 6.07) is 4.05. The summed E-state index contributed by atoms with van der Waals surface area (Å²) < 4.78 is 0. The number of rotatable bonds is 6. The van der Waals surface area contributed by atoms with Crippen molar-refractivity contribution in [2.75, 3.05) is 13.6 Å². The molecule has 0 radical (unpaired) electrons. The second-order valence-electron chi connectivity index (χ2n) is 4.71. The molecule has 5 nitrogen and oxygen atoms in total. The van der Waals surface area contributed by atoms with Gasteiger partial charge in [-0.05, 0) is 32.5 Å². The van der Waals surface area contributed by atoms with Gasteiger partial charge in [-0.1, -0.05) is 6.07 Å². The van der Waals surface area contributed by atoms with Crippen molar-refractivity contribution in [3.05, 3.63) is 29.6 Å². The van der Waals surface area contributed by atoms with Crippen molar-refractivity contribution in [3.8, 4) is 0 Å². The monoisotopic (exact) mass is 250 g/mol. The maximum absolute atomic E-state index is 11.6. The lowest BCUT2D eigenvalue weighted by Crippen LogP contribution is -2.38. The number of carbonyl (C=O) groups excluding carboxylic acids is 1. The molecule has 1 rings (SSSR count). The van der Waals surface area contributed by atoms with Crippen LogP contribution in [-0.4, -0.2) is 35.4 Å². The largest absolute Gasteiger partial charge is 0.353 e. The number of amides is 1. The zero-order valence-electron chi connectivity index (χ0n) is 11.3. The van der Waals surface area contributed by atoms with Crippen LogP contribution in [0.15, 0.2) is 18.3 Å². The van der Waals surface area contributed by atoms with Gasteiger partial charge in [0.1, 0.15) is 0 Å². The molecule has 100 valence electrons. The quantitative estimate of drug-likeness (QED) is 0.771. The molecule has 5 heteroatoms. The number of pyridine rings is 1. The van der Waals surface area contributed by atoms with Gasteiger partial charge in [-0.25, -0.2) is 0 Å². The van der Waals surface area contributed by atoms with Crippen molar-refractivity contribution in [3.63, 3.8) is 0 Å². The zero-order valence-corrected chi connectivity index (χ0v) is 11.3. The Labute approximate surface area is 108 Å². The van der Waals surface area contributed by atoms with Crippen molar-refractivity contribution in [1.82, 2.24) is 15.2 Å². The van der Waals surface area contributed by atoms with Gasteiger partial charge in [0.25, 0.3) is 0 Å². The Morgan fingerprint density at radius 1 is 1.56 bits per heavy atom. The minimum Gasteiger partial charge on any atom is -0.353 e. The zero-order chi connectivity index (χ0) is 13.5. The normalized spacial score (nSPS) is 11.0. The number of aromatic nitrogens is 1. The topological polar surface area (TPSA) is 71.2 Å². The molecule has 0 bridgehead atoms. The number of nitrogens with two attached hydrogens (primary N) is 1. The van der Waals surface area contributed by atoms with E-state index in [4.69, 9.17) is 5.73 Å². The lowest BCUT2D eigenvalue weighted by molar-refractivity contribution is -0.122. The summed E-state index contributed by atoms with van der Waals surface area (Å²) in [7, 11) is 1.91. The van der Waals surface area contributed by atoms with E-state index in [2.05, 4.69) is 10.3 Å². The fourth-order valence-electron chi connectivity index (χ4n) is 1.76. The highest BCUT2D eigenvalue weighted by molar-refractivity contribution is 5.78.